The maximum absolute atomic E-state index is 12.5. The number of hydrogen-bond acceptors (Lipinski definition) is 6. The summed E-state index contributed by atoms with van der Waals surface area (Å²) in [5, 5.41) is 4.33. The van der Waals surface area contributed by atoms with Gasteiger partial charge in [0, 0.05) is 5.56 Å². The number of rotatable bonds is 4. The van der Waals surface area contributed by atoms with E-state index in [1.54, 1.807) is 29.8 Å². The van der Waals surface area contributed by atoms with Gasteiger partial charge >= 0.3 is 5.91 Å². The summed E-state index contributed by atoms with van der Waals surface area (Å²) in [7, 11) is 0. The Morgan fingerprint density at radius 1 is 1.03 bits per heavy atom. The van der Waals surface area contributed by atoms with E-state index < -0.39 is 11.8 Å². The molecule has 2 amide bonds. The first-order chi connectivity index (χ1) is 14.4. The van der Waals surface area contributed by atoms with E-state index in [-0.39, 0.29) is 18.5 Å². The summed E-state index contributed by atoms with van der Waals surface area (Å²) < 4.78 is 12.1. The molecule has 2 heterocycles. The summed E-state index contributed by atoms with van der Waals surface area (Å²) in [6, 6.07) is 12.6. The van der Waals surface area contributed by atoms with Gasteiger partial charge in [0.1, 0.15) is 5.82 Å². The number of nitrogens with zero attached hydrogens (tertiary/aromatic N) is 3. The fourth-order valence-corrected chi connectivity index (χ4v) is 3.16. The molecule has 3 aromatic rings. The van der Waals surface area contributed by atoms with Crippen molar-refractivity contribution in [3.05, 3.63) is 65.2 Å². The lowest BCUT2D eigenvalue weighted by atomic mass is 10.0. The van der Waals surface area contributed by atoms with E-state index in [1.165, 1.54) is 0 Å². The standard InChI is InChI=1S/C21H21N5O4/c1-12(2)15-6-4-5-7-16(15)26-13(3)22-19(25-26)21(28)24-23-20(27)14-8-9-17-18(10-14)30-11-29-17/h4-10,12H,11H2,1-3H3,(H,23,27)(H,24,28). The van der Waals surface area contributed by atoms with Crippen LogP contribution in [0.1, 0.15) is 52.1 Å². The van der Waals surface area contributed by atoms with Crippen molar-refractivity contribution in [1.29, 1.82) is 0 Å². The number of fused-ring (bicyclic) bond motifs is 1. The SMILES string of the molecule is Cc1nc(C(=O)NNC(=O)c2ccc3c(c2)OCO3)nn1-c1ccccc1C(C)C. The maximum atomic E-state index is 12.5. The fourth-order valence-electron chi connectivity index (χ4n) is 3.16. The quantitative estimate of drug-likeness (QED) is 0.644. The molecule has 1 aliphatic rings. The van der Waals surface area contributed by atoms with Crippen LogP contribution in [-0.2, 0) is 0 Å². The van der Waals surface area contributed by atoms with Crippen molar-refractivity contribution >= 4 is 11.8 Å². The number of nitrogens with one attached hydrogen (secondary N) is 2. The van der Waals surface area contributed by atoms with Gasteiger partial charge in [-0.25, -0.2) is 9.67 Å². The molecule has 1 aliphatic heterocycles. The molecule has 9 heteroatoms. The molecule has 2 N–H and O–H groups in total. The highest BCUT2D eigenvalue weighted by Gasteiger charge is 2.20. The summed E-state index contributed by atoms with van der Waals surface area (Å²) in [6.45, 7) is 6.06. The molecule has 154 valence electrons. The molecular weight excluding hydrogens is 386 g/mol. The number of carbonyl (C=O) groups excluding carboxylic acids is 2. The highest BCUT2D eigenvalue weighted by molar-refractivity contribution is 5.98. The Bertz CT molecular complexity index is 1120. The van der Waals surface area contributed by atoms with Crippen LogP contribution in [0.3, 0.4) is 0 Å². The third-order valence-corrected chi connectivity index (χ3v) is 4.68. The van der Waals surface area contributed by atoms with Gasteiger partial charge in [0.05, 0.1) is 5.69 Å². The van der Waals surface area contributed by atoms with Gasteiger partial charge in [-0.05, 0) is 42.7 Å². The topological polar surface area (TPSA) is 107 Å². The number of amides is 2. The van der Waals surface area contributed by atoms with Crippen molar-refractivity contribution in [3.63, 3.8) is 0 Å². The number of carbonyl (C=O) groups is 2. The Morgan fingerprint density at radius 2 is 1.77 bits per heavy atom. The van der Waals surface area contributed by atoms with Crippen LogP contribution < -0.4 is 20.3 Å². The number of aryl methyl sites for hydroxylation is 1. The van der Waals surface area contributed by atoms with Gasteiger partial charge in [0.15, 0.2) is 11.5 Å². The Kier molecular flexibility index (Phi) is 5.09. The van der Waals surface area contributed by atoms with Gasteiger partial charge in [-0.2, -0.15) is 0 Å². The fraction of sp³-hybridized carbons (Fsp3) is 0.238. The van der Waals surface area contributed by atoms with Crippen molar-refractivity contribution in [2.45, 2.75) is 26.7 Å². The molecule has 0 bridgehead atoms. The van der Waals surface area contributed by atoms with Crippen LogP contribution in [0.5, 0.6) is 11.5 Å². The van der Waals surface area contributed by atoms with Gasteiger partial charge in [0.2, 0.25) is 12.6 Å². The number of hydrazine groups is 1. The van der Waals surface area contributed by atoms with Crippen molar-refractivity contribution in [1.82, 2.24) is 25.6 Å². The Labute approximate surface area is 173 Å². The van der Waals surface area contributed by atoms with Crippen molar-refractivity contribution < 1.29 is 19.1 Å². The maximum Gasteiger partial charge on any atom is 0.309 e. The predicted octanol–water partition coefficient (Wildman–Crippen LogP) is 2.50. The molecule has 30 heavy (non-hydrogen) atoms. The number of aromatic nitrogens is 3. The highest BCUT2D eigenvalue weighted by Crippen LogP contribution is 2.32. The lowest BCUT2D eigenvalue weighted by molar-refractivity contribution is 0.0841. The Hall–Kier alpha value is -3.88. The van der Waals surface area contributed by atoms with Crippen LogP contribution in [0.25, 0.3) is 5.69 Å². The molecule has 2 aromatic carbocycles. The zero-order chi connectivity index (χ0) is 21.3. The zero-order valence-electron chi connectivity index (χ0n) is 16.8. The average Bonchev–Trinajstić information content (AvgIpc) is 3.37. The minimum absolute atomic E-state index is 0.0444. The molecule has 4 rings (SSSR count). The minimum atomic E-state index is -0.618. The minimum Gasteiger partial charge on any atom is -0.454 e. The van der Waals surface area contributed by atoms with E-state index in [0.717, 1.165) is 11.3 Å². The van der Waals surface area contributed by atoms with E-state index in [2.05, 4.69) is 34.8 Å². The van der Waals surface area contributed by atoms with Crippen molar-refractivity contribution in [3.8, 4) is 17.2 Å². The number of hydrogen-bond donors (Lipinski definition) is 2. The largest absolute Gasteiger partial charge is 0.454 e. The van der Waals surface area contributed by atoms with Gasteiger partial charge in [-0.15, -0.1) is 5.10 Å². The first-order valence-corrected chi connectivity index (χ1v) is 9.47. The second kappa shape index (κ2) is 7.86. The van der Waals surface area contributed by atoms with Crippen LogP contribution in [0.4, 0.5) is 0 Å². The van der Waals surface area contributed by atoms with Crippen LogP contribution in [0.2, 0.25) is 0 Å². The summed E-state index contributed by atoms with van der Waals surface area (Å²) in [5.41, 5.74) is 6.98. The average molecular weight is 407 g/mol. The summed E-state index contributed by atoms with van der Waals surface area (Å²) in [6.07, 6.45) is 0. The third kappa shape index (κ3) is 3.69. The van der Waals surface area contributed by atoms with E-state index in [1.807, 2.05) is 24.3 Å². The molecule has 1 aromatic heterocycles. The van der Waals surface area contributed by atoms with E-state index in [9.17, 15) is 9.59 Å². The van der Waals surface area contributed by atoms with Crippen molar-refractivity contribution in [2.24, 2.45) is 0 Å². The molecule has 0 radical (unpaired) electrons. The van der Waals surface area contributed by atoms with Gasteiger partial charge < -0.3 is 9.47 Å². The monoisotopic (exact) mass is 407 g/mol. The van der Waals surface area contributed by atoms with Crippen molar-refractivity contribution in [2.75, 3.05) is 6.79 Å². The number of para-hydroxylation sites is 1. The van der Waals surface area contributed by atoms with E-state index >= 15 is 0 Å². The summed E-state index contributed by atoms with van der Waals surface area (Å²) >= 11 is 0. The van der Waals surface area contributed by atoms with Crippen LogP contribution in [0, 0.1) is 6.92 Å². The number of ether oxygens (including phenoxy) is 2. The lowest BCUT2D eigenvalue weighted by Gasteiger charge is -2.12. The normalized spacial score (nSPS) is 12.1. The van der Waals surface area contributed by atoms with E-state index in [0.29, 0.717) is 22.9 Å². The second-order valence-corrected chi connectivity index (χ2v) is 7.08. The molecule has 9 nitrogen and oxygen atoms in total. The second-order valence-electron chi connectivity index (χ2n) is 7.08. The number of benzene rings is 2. The van der Waals surface area contributed by atoms with Gasteiger partial charge in [-0.1, -0.05) is 32.0 Å². The first kappa shape index (κ1) is 19.4. The highest BCUT2D eigenvalue weighted by atomic mass is 16.7. The molecule has 0 atom stereocenters. The van der Waals surface area contributed by atoms with Crippen LogP contribution in [-0.4, -0.2) is 33.4 Å². The molecule has 0 fully saturated rings. The van der Waals surface area contributed by atoms with Gasteiger partial charge in [0.25, 0.3) is 5.91 Å². The lowest BCUT2D eigenvalue weighted by Crippen LogP contribution is -2.42. The molecule has 0 unspecified atom stereocenters. The Morgan fingerprint density at radius 3 is 2.57 bits per heavy atom. The summed E-state index contributed by atoms with van der Waals surface area (Å²) in [4.78, 5) is 29.0. The zero-order valence-corrected chi connectivity index (χ0v) is 16.8. The molecule has 0 saturated carbocycles. The van der Waals surface area contributed by atoms with Crippen LogP contribution >= 0.6 is 0 Å². The molecular formula is C21H21N5O4. The third-order valence-electron chi connectivity index (χ3n) is 4.68. The predicted molar refractivity (Wildman–Crippen MR) is 108 cm³/mol. The molecule has 0 spiro atoms. The Balaban J connectivity index is 1.47. The first-order valence-electron chi connectivity index (χ1n) is 9.47. The smallest absolute Gasteiger partial charge is 0.309 e. The summed E-state index contributed by atoms with van der Waals surface area (Å²) in [5.74, 6) is 0.739. The molecule has 0 saturated heterocycles. The van der Waals surface area contributed by atoms with Crippen LogP contribution in [0.15, 0.2) is 42.5 Å². The van der Waals surface area contributed by atoms with Gasteiger partial charge in [-0.3, -0.25) is 20.4 Å². The molecule has 0 aliphatic carbocycles. The van der Waals surface area contributed by atoms with E-state index in [4.69, 9.17) is 9.47 Å².